The molecule has 1 aliphatic heterocycles. The molecule has 20 heavy (non-hydrogen) atoms. The maximum Gasteiger partial charge on any atom is 0.246 e. The molecule has 0 saturated heterocycles. The first-order chi connectivity index (χ1) is 9.76. The smallest absolute Gasteiger partial charge is 0.246 e. The summed E-state index contributed by atoms with van der Waals surface area (Å²) in [5.41, 5.74) is 2.34. The summed E-state index contributed by atoms with van der Waals surface area (Å²) in [6, 6.07) is 5.51. The van der Waals surface area contributed by atoms with Crippen molar-refractivity contribution in [3.05, 3.63) is 36.3 Å². The Hall–Kier alpha value is -2.90. The van der Waals surface area contributed by atoms with Crippen LogP contribution in [0.1, 0.15) is 0 Å². The van der Waals surface area contributed by atoms with E-state index in [1.807, 2.05) is 18.2 Å². The minimum absolute atomic E-state index is 0.0956. The van der Waals surface area contributed by atoms with Gasteiger partial charge in [0.25, 0.3) is 0 Å². The Morgan fingerprint density at radius 2 is 2.35 bits per heavy atom. The molecule has 2 aromatic rings. The second-order valence-corrected chi connectivity index (χ2v) is 4.15. The van der Waals surface area contributed by atoms with Crippen molar-refractivity contribution in [1.82, 2.24) is 25.5 Å². The normalized spacial score (nSPS) is 13.8. The van der Waals surface area contributed by atoms with Gasteiger partial charge in [-0.05, 0) is 28.6 Å². The van der Waals surface area contributed by atoms with Gasteiger partial charge in [-0.2, -0.15) is 4.68 Å². The van der Waals surface area contributed by atoms with Crippen LogP contribution in [0.15, 0.2) is 36.3 Å². The number of amides is 1. The number of aromatic nitrogens is 4. The minimum atomic E-state index is -0.0956. The van der Waals surface area contributed by atoms with Gasteiger partial charge in [-0.1, -0.05) is 0 Å². The third-order valence-corrected chi connectivity index (χ3v) is 2.84. The zero-order valence-corrected chi connectivity index (χ0v) is 10.7. The van der Waals surface area contributed by atoms with E-state index in [2.05, 4.69) is 26.2 Å². The number of methoxy groups -OCH3 is 1. The quantitative estimate of drug-likeness (QED) is 0.819. The largest absolute Gasteiger partial charge is 0.494 e. The summed E-state index contributed by atoms with van der Waals surface area (Å²) in [6.07, 6.45) is 3.02. The number of tetrazole rings is 1. The number of ether oxygens (including phenoxy) is 1. The summed E-state index contributed by atoms with van der Waals surface area (Å²) in [5.74, 6) is 0.555. The number of nitrogens with zero attached hydrogens (tertiary/aromatic N) is 4. The summed E-state index contributed by atoms with van der Waals surface area (Å²) >= 11 is 0. The van der Waals surface area contributed by atoms with Gasteiger partial charge in [0.15, 0.2) is 0 Å². The van der Waals surface area contributed by atoms with Gasteiger partial charge < -0.3 is 15.4 Å². The highest BCUT2D eigenvalue weighted by atomic mass is 16.5. The van der Waals surface area contributed by atoms with Crippen molar-refractivity contribution in [1.29, 1.82) is 0 Å². The third-order valence-electron chi connectivity index (χ3n) is 2.84. The van der Waals surface area contributed by atoms with E-state index in [-0.39, 0.29) is 5.91 Å². The van der Waals surface area contributed by atoms with Crippen LogP contribution in [0.5, 0.6) is 5.75 Å². The standard InChI is InChI=1S/C12H12N6O2/c1-20-11-3-2-8(15-9-5-12(19)13-6-9)4-10(11)18-7-14-16-17-18/h2-5,7,15H,6H2,1H3,(H,13,19). The summed E-state index contributed by atoms with van der Waals surface area (Å²) < 4.78 is 6.80. The fraction of sp³-hybridized carbons (Fsp3) is 0.167. The predicted molar refractivity (Wildman–Crippen MR) is 70.4 cm³/mol. The van der Waals surface area contributed by atoms with Gasteiger partial charge >= 0.3 is 0 Å². The lowest BCUT2D eigenvalue weighted by Crippen LogP contribution is -2.16. The highest BCUT2D eigenvalue weighted by Crippen LogP contribution is 2.26. The van der Waals surface area contributed by atoms with Crippen LogP contribution in [-0.2, 0) is 4.79 Å². The zero-order chi connectivity index (χ0) is 13.9. The van der Waals surface area contributed by atoms with Crippen LogP contribution >= 0.6 is 0 Å². The number of carbonyl (C=O) groups is 1. The molecule has 3 rings (SSSR count). The lowest BCUT2D eigenvalue weighted by molar-refractivity contribution is -0.115. The minimum Gasteiger partial charge on any atom is -0.494 e. The maximum absolute atomic E-state index is 11.1. The zero-order valence-electron chi connectivity index (χ0n) is 10.7. The van der Waals surface area contributed by atoms with Crippen molar-refractivity contribution in [3.63, 3.8) is 0 Å². The number of benzene rings is 1. The molecular formula is C12H12N6O2. The third kappa shape index (κ3) is 2.30. The Labute approximate surface area is 114 Å². The fourth-order valence-electron chi connectivity index (χ4n) is 1.93. The Morgan fingerprint density at radius 3 is 3.00 bits per heavy atom. The molecule has 1 amide bonds. The molecule has 0 fully saturated rings. The van der Waals surface area contributed by atoms with Gasteiger partial charge in [-0.25, -0.2) is 0 Å². The molecule has 2 heterocycles. The molecule has 1 aliphatic rings. The molecule has 102 valence electrons. The Morgan fingerprint density at radius 1 is 1.45 bits per heavy atom. The molecule has 1 aromatic heterocycles. The molecule has 8 heteroatoms. The van der Waals surface area contributed by atoms with Gasteiger partial charge in [-0.15, -0.1) is 5.10 Å². The average Bonchev–Trinajstić information content (AvgIpc) is 3.10. The Bertz CT molecular complexity index is 665. The van der Waals surface area contributed by atoms with E-state index in [0.717, 1.165) is 11.4 Å². The lowest BCUT2D eigenvalue weighted by atomic mass is 10.2. The molecule has 8 nitrogen and oxygen atoms in total. The lowest BCUT2D eigenvalue weighted by Gasteiger charge is -2.11. The number of hydrogen-bond acceptors (Lipinski definition) is 6. The molecule has 0 unspecified atom stereocenters. The monoisotopic (exact) mass is 272 g/mol. The van der Waals surface area contributed by atoms with Gasteiger partial charge in [-0.3, -0.25) is 4.79 Å². The van der Waals surface area contributed by atoms with Gasteiger partial charge in [0, 0.05) is 17.5 Å². The molecule has 1 aromatic carbocycles. The topological polar surface area (TPSA) is 94.0 Å². The van der Waals surface area contributed by atoms with E-state index in [0.29, 0.717) is 18.0 Å². The summed E-state index contributed by atoms with van der Waals surface area (Å²) in [5, 5.41) is 16.9. The van der Waals surface area contributed by atoms with E-state index in [9.17, 15) is 4.79 Å². The summed E-state index contributed by atoms with van der Waals surface area (Å²) in [6.45, 7) is 0.491. The van der Waals surface area contributed by atoms with Crippen LogP contribution in [0.25, 0.3) is 5.69 Å². The Balaban J connectivity index is 1.92. The Kier molecular flexibility index (Phi) is 3.04. The van der Waals surface area contributed by atoms with E-state index >= 15 is 0 Å². The molecule has 2 N–H and O–H groups in total. The van der Waals surface area contributed by atoms with E-state index in [1.165, 1.54) is 17.1 Å². The first-order valence-electron chi connectivity index (χ1n) is 5.93. The average molecular weight is 272 g/mol. The van der Waals surface area contributed by atoms with Gasteiger partial charge in [0.2, 0.25) is 5.91 Å². The number of nitrogens with one attached hydrogen (secondary N) is 2. The number of rotatable bonds is 4. The van der Waals surface area contributed by atoms with Crippen molar-refractivity contribution in [3.8, 4) is 11.4 Å². The van der Waals surface area contributed by atoms with Crippen molar-refractivity contribution < 1.29 is 9.53 Å². The van der Waals surface area contributed by atoms with Crippen LogP contribution in [0, 0.1) is 0 Å². The molecule has 0 atom stereocenters. The molecule has 0 radical (unpaired) electrons. The van der Waals surface area contributed by atoms with Crippen molar-refractivity contribution in [2.75, 3.05) is 19.0 Å². The van der Waals surface area contributed by atoms with Gasteiger partial charge in [0.05, 0.1) is 13.7 Å². The van der Waals surface area contributed by atoms with Gasteiger partial charge in [0.1, 0.15) is 17.8 Å². The van der Waals surface area contributed by atoms with Crippen LogP contribution in [0.4, 0.5) is 5.69 Å². The molecule has 0 aliphatic carbocycles. The van der Waals surface area contributed by atoms with Crippen LogP contribution in [0.3, 0.4) is 0 Å². The summed E-state index contributed by atoms with van der Waals surface area (Å²) in [4.78, 5) is 11.1. The fourth-order valence-corrected chi connectivity index (χ4v) is 1.93. The van der Waals surface area contributed by atoms with Crippen molar-refractivity contribution in [2.24, 2.45) is 0 Å². The second kappa shape index (κ2) is 5.00. The highest BCUT2D eigenvalue weighted by molar-refractivity contribution is 5.91. The van der Waals surface area contributed by atoms with Crippen molar-refractivity contribution in [2.45, 2.75) is 0 Å². The van der Waals surface area contributed by atoms with Crippen LogP contribution < -0.4 is 15.4 Å². The molecule has 0 spiro atoms. The van der Waals surface area contributed by atoms with Crippen LogP contribution in [0.2, 0.25) is 0 Å². The highest BCUT2D eigenvalue weighted by Gasteiger charge is 2.12. The summed E-state index contributed by atoms with van der Waals surface area (Å²) in [7, 11) is 1.58. The predicted octanol–water partition coefficient (Wildman–Crippen LogP) is 0.0965. The van der Waals surface area contributed by atoms with E-state index in [1.54, 1.807) is 7.11 Å². The first kappa shape index (κ1) is 12.2. The SMILES string of the molecule is COc1ccc(NC2=CC(=O)NC2)cc1-n1cnnn1. The number of carbonyl (C=O) groups excluding carboxylic acids is 1. The molecule has 0 bridgehead atoms. The molecule has 0 saturated carbocycles. The van der Waals surface area contributed by atoms with Crippen LogP contribution in [-0.4, -0.2) is 39.8 Å². The van der Waals surface area contributed by atoms with Crippen molar-refractivity contribution >= 4 is 11.6 Å². The number of hydrogen-bond donors (Lipinski definition) is 2. The first-order valence-corrected chi connectivity index (χ1v) is 5.93. The number of anilines is 1. The maximum atomic E-state index is 11.1. The van der Waals surface area contributed by atoms with E-state index < -0.39 is 0 Å². The second-order valence-electron chi connectivity index (χ2n) is 4.15. The molecular weight excluding hydrogens is 260 g/mol. The van der Waals surface area contributed by atoms with E-state index in [4.69, 9.17) is 4.74 Å².